The summed E-state index contributed by atoms with van der Waals surface area (Å²) in [6.45, 7) is 4.95. The number of ether oxygens (including phenoxy) is 1. The second-order valence-corrected chi connectivity index (χ2v) is 8.63. The Hall–Kier alpha value is -1.99. The average molecular weight is 385 g/mol. The van der Waals surface area contributed by atoms with Crippen molar-refractivity contribution in [1.82, 2.24) is 19.4 Å². The molecule has 0 radical (unpaired) electrons. The first-order valence-electron chi connectivity index (χ1n) is 9.65. The van der Waals surface area contributed by atoms with E-state index in [4.69, 9.17) is 4.74 Å². The smallest absolute Gasteiger partial charge is 0.267 e. The van der Waals surface area contributed by atoms with Crippen LogP contribution in [0.3, 0.4) is 0 Å². The monoisotopic (exact) mass is 384 g/mol. The third kappa shape index (κ3) is 2.67. The Kier molecular flexibility index (Phi) is 4.16. The minimum Gasteiger partial charge on any atom is -0.497 e. The van der Waals surface area contributed by atoms with Gasteiger partial charge in [0.25, 0.3) is 5.91 Å². The molecule has 4 saturated heterocycles. The number of rotatable bonds is 3. The van der Waals surface area contributed by atoms with E-state index >= 15 is 0 Å². The quantitative estimate of drug-likeness (QED) is 0.814. The van der Waals surface area contributed by atoms with Gasteiger partial charge >= 0.3 is 0 Å². The summed E-state index contributed by atoms with van der Waals surface area (Å²) in [5.41, 5.74) is 2.04. The molecule has 0 N–H and O–H groups in total. The Labute approximate surface area is 163 Å². The second-order valence-electron chi connectivity index (χ2n) is 7.88. The SMILES string of the molecule is COc1ccc([C@H]2CN(C(=O)c3snnc3C)[C@H]3C4CCN(CC4)[C@@H]23)cc1. The van der Waals surface area contributed by atoms with Crippen molar-refractivity contribution < 1.29 is 9.53 Å². The van der Waals surface area contributed by atoms with Crippen LogP contribution in [0.25, 0.3) is 0 Å². The maximum atomic E-state index is 13.4. The van der Waals surface area contributed by atoms with Crippen LogP contribution in [0.15, 0.2) is 24.3 Å². The molecule has 0 saturated carbocycles. The summed E-state index contributed by atoms with van der Waals surface area (Å²) in [7, 11) is 1.69. The number of aromatic nitrogens is 2. The Bertz CT molecular complexity index is 844. The van der Waals surface area contributed by atoms with Crippen LogP contribution in [0.1, 0.15) is 39.7 Å². The summed E-state index contributed by atoms with van der Waals surface area (Å²) in [5, 5.41) is 4.05. The first-order valence-corrected chi connectivity index (χ1v) is 10.4. The first kappa shape index (κ1) is 17.1. The van der Waals surface area contributed by atoms with Crippen molar-refractivity contribution in [3.05, 3.63) is 40.4 Å². The van der Waals surface area contributed by atoms with Gasteiger partial charge in [0.05, 0.1) is 18.8 Å². The highest BCUT2D eigenvalue weighted by molar-refractivity contribution is 7.07. The molecule has 0 spiro atoms. The zero-order valence-corrected chi connectivity index (χ0v) is 16.5. The zero-order chi connectivity index (χ0) is 18.5. The fourth-order valence-corrected chi connectivity index (χ4v) is 5.97. The molecule has 6 rings (SSSR count). The van der Waals surface area contributed by atoms with Crippen LogP contribution in [0.2, 0.25) is 0 Å². The first-order chi connectivity index (χ1) is 13.2. The molecule has 27 heavy (non-hydrogen) atoms. The number of benzene rings is 1. The van der Waals surface area contributed by atoms with Crippen LogP contribution >= 0.6 is 11.5 Å². The molecule has 3 atom stereocenters. The molecule has 2 aromatic rings. The maximum absolute atomic E-state index is 13.4. The van der Waals surface area contributed by atoms with Gasteiger partial charge in [-0.2, -0.15) is 0 Å². The van der Waals surface area contributed by atoms with Gasteiger partial charge in [-0.3, -0.25) is 9.69 Å². The molecule has 0 aliphatic carbocycles. The van der Waals surface area contributed by atoms with Crippen molar-refractivity contribution in [2.45, 2.75) is 37.8 Å². The number of hydrogen-bond donors (Lipinski definition) is 0. The molecule has 142 valence electrons. The molecule has 1 aromatic heterocycles. The lowest BCUT2D eigenvalue weighted by Crippen LogP contribution is -2.60. The molecule has 6 nitrogen and oxygen atoms in total. The molecule has 1 aromatic carbocycles. The van der Waals surface area contributed by atoms with Gasteiger partial charge in [0.2, 0.25) is 0 Å². The highest BCUT2D eigenvalue weighted by atomic mass is 32.1. The van der Waals surface area contributed by atoms with Crippen LogP contribution in [-0.4, -0.2) is 64.1 Å². The molecule has 0 unspecified atom stereocenters. The van der Waals surface area contributed by atoms with Gasteiger partial charge in [-0.1, -0.05) is 16.6 Å². The van der Waals surface area contributed by atoms with Crippen LogP contribution in [0.4, 0.5) is 0 Å². The number of hydrogen-bond acceptors (Lipinski definition) is 6. The predicted molar refractivity (Wildman–Crippen MR) is 103 cm³/mol. The van der Waals surface area contributed by atoms with Crippen molar-refractivity contribution in [2.75, 3.05) is 26.7 Å². The number of methoxy groups -OCH3 is 1. The fraction of sp³-hybridized carbons (Fsp3) is 0.550. The Balaban J connectivity index is 1.51. The summed E-state index contributed by atoms with van der Waals surface area (Å²) < 4.78 is 9.30. The van der Waals surface area contributed by atoms with E-state index in [1.165, 1.54) is 29.9 Å². The average Bonchev–Trinajstić information content (AvgIpc) is 3.34. The lowest BCUT2D eigenvalue weighted by atomic mass is 9.75. The van der Waals surface area contributed by atoms with Crippen LogP contribution in [0.5, 0.6) is 5.75 Å². The minimum absolute atomic E-state index is 0.113. The number of fused-ring (bicyclic) bond motifs is 2. The van der Waals surface area contributed by atoms with Gasteiger partial charge in [-0.15, -0.1) is 5.10 Å². The number of likely N-dealkylation sites (tertiary alicyclic amines) is 1. The number of carbonyl (C=O) groups excluding carboxylic acids is 1. The Morgan fingerprint density at radius 3 is 2.56 bits per heavy atom. The Morgan fingerprint density at radius 1 is 1.19 bits per heavy atom. The second kappa shape index (κ2) is 6.56. The molecule has 4 fully saturated rings. The van der Waals surface area contributed by atoms with Gasteiger partial charge in [-0.25, -0.2) is 0 Å². The van der Waals surface area contributed by atoms with Crippen LogP contribution in [-0.2, 0) is 0 Å². The molecule has 4 aliphatic rings. The van der Waals surface area contributed by atoms with E-state index in [2.05, 4.69) is 31.5 Å². The molecule has 4 aliphatic heterocycles. The third-order valence-corrected chi connectivity index (χ3v) is 7.46. The van der Waals surface area contributed by atoms with Crippen molar-refractivity contribution in [3.8, 4) is 5.75 Å². The Morgan fingerprint density at radius 2 is 1.93 bits per heavy atom. The number of piperidine rings is 3. The summed E-state index contributed by atoms with van der Waals surface area (Å²) in [4.78, 5) is 18.8. The lowest BCUT2D eigenvalue weighted by Gasteiger charge is -2.51. The van der Waals surface area contributed by atoms with Gasteiger partial charge in [0.15, 0.2) is 0 Å². The van der Waals surface area contributed by atoms with Gasteiger partial charge in [0, 0.05) is 18.5 Å². The van der Waals surface area contributed by atoms with Crippen molar-refractivity contribution in [2.24, 2.45) is 5.92 Å². The molecule has 7 heteroatoms. The number of amides is 1. The standard InChI is InChI=1S/C20H24N4O2S/c1-12-19(27-22-21-12)20(25)24-11-16(13-3-5-15(26-2)6-4-13)18-17(24)14-7-9-23(18)10-8-14/h3-6,14,16-18H,7-11H2,1-2H3/t16-,17+,18+/m1/s1. The molecule has 1 amide bonds. The van der Waals surface area contributed by atoms with E-state index in [0.717, 1.165) is 31.1 Å². The van der Waals surface area contributed by atoms with E-state index in [1.807, 2.05) is 19.1 Å². The number of carbonyl (C=O) groups is 1. The van der Waals surface area contributed by atoms with Gasteiger partial charge in [0.1, 0.15) is 10.6 Å². The van der Waals surface area contributed by atoms with E-state index in [1.54, 1.807) is 7.11 Å². The summed E-state index contributed by atoms with van der Waals surface area (Å²) in [5.74, 6) is 1.93. The lowest BCUT2D eigenvalue weighted by molar-refractivity contribution is -0.00328. The summed E-state index contributed by atoms with van der Waals surface area (Å²) in [6, 6.07) is 9.10. The van der Waals surface area contributed by atoms with E-state index in [0.29, 0.717) is 28.8 Å². The normalized spacial score (nSPS) is 31.8. The molecule has 2 bridgehead atoms. The molecule has 5 heterocycles. The summed E-state index contributed by atoms with van der Waals surface area (Å²) in [6.07, 6.45) is 2.39. The minimum atomic E-state index is 0.113. The van der Waals surface area contributed by atoms with Gasteiger partial charge in [-0.05, 0) is 68.0 Å². The number of nitrogens with zero attached hydrogens (tertiary/aromatic N) is 4. The maximum Gasteiger partial charge on any atom is 0.267 e. The van der Waals surface area contributed by atoms with Gasteiger partial charge < -0.3 is 9.64 Å². The largest absolute Gasteiger partial charge is 0.497 e. The highest BCUT2D eigenvalue weighted by Gasteiger charge is 2.54. The third-order valence-electron chi connectivity index (χ3n) is 6.64. The topological polar surface area (TPSA) is 58.6 Å². The molecular weight excluding hydrogens is 360 g/mol. The fourth-order valence-electron chi connectivity index (χ4n) is 5.36. The summed E-state index contributed by atoms with van der Waals surface area (Å²) >= 11 is 1.22. The van der Waals surface area contributed by atoms with E-state index < -0.39 is 0 Å². The van der Waals surface area contributed by atoms with E-state index in [-0.39, 0.29) is 5.91 Å². The van der Waals surface area contributed by atoms with Crippen molar-refractivity contribution >= 4 is 17.4 Å². The van der Waals surface area contributed by atoms with Crippen molar-refractivity contribution in [3.63, 3.8) is 0 Å². The van der Waals surface area contributed by atoms with Crippen molar-refractivity contribution in [1.29, 1.82) is 0 Å². The number of aryl methyl sites for hydroxylation is 1. The van der Waals surface area contributed by atoms with Crippen LogP contribution in [0, 0.1) is 12.8 Å². The zero-order valence-electron chi connectivity index (χ0n) is 15.7. The molecular formula is C20H24N4O2S. The highest BCUT2D eigenvalue weighted by Crippen LogP contribution is 2.47. The van der Waals surface area contributed by atoms with E-state index in [9.17, 15) is 4.79 Å². The predicted octanol–water partition coefficient (Wildman–Crippen LogP) is 2.56. The van der Waals surface area contributed by atoms with Crippen LogP contribution < -0.4 is 4.74 Å².